The molecule has 7 heteroatoms. The summed E-state index contributed by atoms with van der Waals surface area (Å²) < 4.78 is 0. The first-order valence-electron chi connectivity index (χ1n) is 11.8. The second-order valence-electron chi connectivity index (χ2n) is 8.22. The zero-order valence-corrected chi connectivity index (χ0v) is 20.8. The molecule has 1 aliphatic rings. The third-order valence-corrected chi connectivity index (χ3v) is 6.68. The summed E-state index contributed by atoms with van der Waals surface area (Å²) >= 11 is 1.75. The molecule has 1 heterocycles. The highest BCUT2D eigenvalue weighted by molar-refractivity contribution is 8.14. The van der Waals surface area contributed by atoms with Crippen molar-refractivity contribution in [1.29, 1.82) is 0 Å². The number of thioether (sulfide) groups is 1. The van der Waals surface area contributed by atoms with Crippen LogP contribution in [0, 0.1) is 0 Å². The van der Waals surface area contributed by atoms with Gasteiger partial charge in [-0.3, -0.25) is 4.99 Å². The number of nitrogens with zero attached hydrogens (tertiary/aromatic N) is 2. The lowest BCUT2D eigenvalue weighted by atomic mass is 9.93. The summed E-state index contributed by atoms with van der Waals surface area (Å²) in [6.45, 7) is 4.04. The number of hydrogen-bond donors (Lipinski definition) is 4. The van der Waals surface area contributed by atoms with E-state index in [0.29, 0.717) is 19.6 Å². The average molecular weight is 477 g/mol. The van der Waals surface area contributed by atoms with Crippen molar-refractivity contribution in [3.05, 3.63) is 82.4 Å². The number of guanidine groups is 1. The monoisotopic (exact) mass is 476 g/mol. The zero-order chi connectivity index (χ0) is 24.3. The van der Waals surface area contributed by atoms with Gasteiger partial charge in [0.2, 0.25) is 0 Å². The summed E-state index contributed by atoms with van der Waals surface area (Å²) in [6, 6.07) is 17.2. The van der Waals surface area contributed by atoms with Crippen LogP contribution in [0.2, 0.25) is 0 Å². The molecular formula is C27H36N6S. The van der Waals surface area contributed by atoms with Gasteiger partial charge in [0, 0.05) is 30.8 Å². The van der Waals surface area contributed by atoms with Crippen LogP contribution in [0.1, 0.15) is 42.0 Å². The van der Waals surface area contributed by atoms with Gasteiger partial charge in [0.1, 0.15) is 0 Å². The SMILES string of the molecule is CCC1=C(c2cccc(CCN)c2)C=C(c2cccc(CCN=C(N)N)c2)N=C(SCCN)C1. The molecule has 0 bridgehead atoms. The Morgan fingerprint density at radius 3 is 2.35 bits per heavy atom. The quantitative estimate of drug-likeness (QED) is 0.307. The summed E-state index contributed by atoms with van der Waals surface area (Å²) in [6.07, 6.45) is 5.67. The van der Waals surface area contributed by atoms with Gasteiger partial charge >= 0.3 is 0 Å². The van der Waals surface area contributed by atoms with Gasteiger partial charge in [0.05, 0.1) is 10.7 Å². The predicted octanol–water partition coefficient (Wildman–Crippen LogP) is 3.70. The Labute approximate surface area is 207 Å². The Morgan fingerprint density at radius 2 is 1.68 bits per heavy atom. The van der Waals surface area contributed by atoms with Crippen molar-refractivity contribution in [2.24, 2.45) is 32.9 Å². The van der Waals surface area contributed by atoms with Crippen LogP contribution in [0.15, 0.2) is 70.2 Å². The third-order valence-electron chi connectivity index (χ3n) is 5.67. The molecule has 0 aromatic heterocycles. The van der Waals surface area contributed by atoms with Gasteiger partial charge in [0.15, 0.2) is 5.96 Å². The minimum Gasteiger partial charge on any atom is -0.370 e. The summed E-state index contributed by atoms with van der Waals surface area (Å²) in [5.41, 5.74) is 30.9. The van der Waals surface area contributed by atoms with Gasteiger partial charge in [-0.25, -0.2) is 4.99 Å². The van der Waals surface area contributed by atoms with Crippen LogP contribution in [0.5, 0.6) is 0 Å². The van der Waals surface area contributed by atoms with E-state index in [1.54, 1.807) is 11.8 Å². The first-order valence-corrected chi connectivity index (χ1v) is 12.8. The Kier molecular flexibility index (Phi) is 9.94. The van der Waals surface area contributed by atoms with Crippen molar-refractivity contribution < 1.29 is 0 Å². The minimum atomic E-state index is 0.118. The van der Waals surface area contributed by atoms with Crippen LogP contribution in [0.3, 0.4) is 0 Å². The molecule has 1 aliphatic heterocycles. The fraction of sp³-hybridized carbons (Fsp3) is 0.333. The smallest absolute Gasteiger partial charge is 0.185 e. The molecule has 0 amide bonds. The van der Waals surface area contributed by atoms with Crippen LogP contribution in [-0.4, -0.2) is 36.4 Å². The molecule has 180 valence electrons. The highest BCUT2D eigenvalue weighted by Crippen LogP contribution is 2.35. The number of hydrogen-bond acceptors (Lipinski definition) is 5. The molecule has 0 spiro atoms. The van der Waals surface area contributed by atoms with E-state index in [0.717, 1.165) is 47.7 Å². The molecule has 34 heavy (non-hydrogen) atoms. The molecule has 0 saturated carbocycles. The predicted molar refractivity (Wildman–Crippen MR) is 149 cm³/mol. The molecule has 2 aromatic carbocycles. The molecule has 0 atom stereocenters. The van der Waals surface area contributed by atoms with Gasteiger partial charge in [-0.1, -0.05) is 55.0 Å². The Bertz CT molecular complexity index is 1100. The standard InChI is InChI=1S/C27H36N6S/c1-2-21-17-26(34-14-12-29)33-25(18-24(21)22-7-3-5-19(15-22)9-11-28)23-8-4-6-20(16-23)10-13-32-27(30)31/h3-8,15-16,18H,2,9-14,17,28-29H2,1H3,(H4,30,31,32). The van der Waals surface area contributed by atoms with Crippen LogP contribution >= 0.6 is 11.8 Å². The Balaban J connectivity index is 2.06. The average Bonchev–Trinajstić information content (AvgIpc) is 3.03. The van der Waals surface area contributed by atoms with E-state index in [1.807, 2.05) is 0 Å². The van der Waals surface area contributed by atoms with Gasteiger partial charge in [-0.05, 0) is 60.2 Å². The van der Waals surface area contributed by atoms with E-state index < -0.39 is 0 Å². The van der Waals surface area contributed by atoms with Crippen LogP contribution < -0.4 is 22.9 Å². The van der Waals surface area contributed by atoms with E-state index in [1.165, 1.54) is 27.8 Å². The topological polar surface area (TPSA) is 129 Å². The van der Waals surface area contributed by atoms with Gasteiger partial charge in [-0.15, -0.1) is 11.8 Å². The maximum absolute atomic E-state index is 5.82. The lowest BCUT2D eigenvalue weighted by molar-refractivity contribution is 0.961. The summed E-state index contributed by atoms with van der Waals surface area (Å²) in [7, 11) is 0. The highest BCUT2D eigenvalue weighted by atomic mass is 32.2. The van der Waals surface area contributed by atoms with Crippen molar-refractivity contribution in [2.75, 3.05) is 25.4 Å². The fourth-order valence-corrected chi connectivity index (χ4v) is 4.79. The molecule has 0 fully saturated rings. The van der Waals surface area contributed by atoms with E-state index in [9.17, 15) is 0 Å². The molecule has 8 N–H and O–H groups in total. The van der Waals surface area contributed by atoms with Crippen molar-refractivity contribution >= 4 is 34.0 Å². The number of allylic oxidation sites excluding steroid dienone is 3. The van der Waals surface area contributed by atoms with Gasteiger partial charge in [-0.2, -0.15) is 0 Å². The highest BCUT2D eigenvalue weighted by Gasteiger charge is 2.17. The summed E-state index contributed by atoms with van der Waals surface area (Å²) in [5.74, 6) is 0.968. The second-order valence-corrected chi connectivity index (χ2v) is 9.38. The van der Waals surface area contributed by atoms with Crippen molar-refractivity contribution in [1.82, 2.24) is 0 Å². The zero-order valence-electron chi connectivity index (χ0n) is 20.0. The van der Waals surface area contributed by atoms with Crippen molar-refractivity contribution in [3.63, 3.8) is 0 Å². The second kappa shape index (κ2) is 13.1. The number of aliphatic imine (C=N–C) groups is 2. The minimum absolute atomic E-state index is 0.118. The number of rotatable bonds is 10. The normalized spacial score (nSPS) is 13.9. The number of nitrogens with two attached hydrogens (primary N) is 4. The van der Waals surface area contributed by atoms with E-state index in [2.05, 4.69) is 66.5 Å². The molecule has 0 saturated heterocycles. The molecule has 6 nitrogen and oxygen atoms in total. The fourth-order valence-electron chi connectivity index (χ4n) is 3.99. The lowest BCUT2D eigenvalue weighted by Crippen LogP contribution is -2.23. The molecule has 0 unspecified atom stereocenters. The van der Waals surface area contributed by atoms with Crippen LogP contribution in [-0.2, 0) is 12.8 Å². The first-order chi connectivity index (χ1) is 16.5. The van der Waals surface area contributed by atoms with E-state index in [-0.39, 0.29) is 5.96 Å². The van der Waals surface area contributed by atoms with E-state index in [4.69, 9.17) is 27.9 Å². The van der Waals surface area contributed by atoms with E-state index >= 15 is 0 Å². The van der Waals surface area contributed by atoms with Crippen LogP contribution in [0.4, 0.5) is 0 Å². The number of benzene rings is 2. The first kappa shape index (κ1) is 25.7. The van der Waals surface area contributed by atoms with Crippen molar-refractivity contribution in [3.8, 4) is 0 Å². The van der Waals surface area contributed by atoms with Crippen LogP contribution in [0.25, 0.3) is 11.3 Å². The lowest BCUT2D eigenvalue weighted by Gasteiger charge is -2.12. The van der Waals surface area contributed by atoms with Crippen molar-refractivity contribution in [2.45, 2.75) is 32.6 Å². The molecule has 0 aliphatic carbocycles. The molecule has 2 aromatic rings. The van der Waals surface area contributed by atoms with Gasteiger partial charge in [0.25, 0.3) is 0 Å². The Morgan fingerprint density at radius 1 is 0.971 bits per heavy atom. The maximum atomic E-state index is 5.82. The Hall–Kier alpha value is -2.87. The maximum Gasteiger partial charge on any atom is 0.185 e. The summed E-state index contributed by atoms with van der Waals surface area (Å²) in [5, 5.41) is 1.10. The van der Waals surface area contributed by atoms with Gasteiger partial charge < -0.3 is 22.9 Å². The largest absolute Gasteiger partial charge is 0.370 e. The molecule has 0 radical (unpaired) electrons. The summed E-state index contributed by atoms with van der Waals surface area (Å²) in [4.78, 5) is 9.24. The molecular weight excluding hydrogens is 440 g/mol. The molecule has 3 rings (SSSR count). The third kappa shape index (κ3) is 7.32.